The predicted molar refractivity (Wildman–Crippen MR) is 183 cm³/mol. The number of carbonyl (C=O) groups is 3. The van der Waals surface area contributed by atoms with Gasteiger partial charge in [0.05, 0.1) is 25.9 Å². The van der Waals surface area contributed by atoms with Gasteiger partial charge in [-0.05, 0) is 88.3 Å². The summed E-state index contributed by atoms with van der Waals surface area (Å²) in [5, 5.41) is 18.2. The van der Waals surface area contributed by atoms with Crippen LogP contribution in [0.2, 0.25) is 0 Å². The summed E-state index contributed by atoms with van der Waals surface area (Å²) >= 11 is 2.50. The average Bonchev–Trinajstić information content (AvgIpc) is 3.38. The molecule has 6 N–H and O–H groups in total. The fraction of sp³-hybridized carbons (Fsp3) is 0.355. The molecule has 15 heteroatoms. The molecular weight excluding hydrogens is 651 g/mol. The molecule has 0 aliphatic heterocycles. The quantitative estimate of drug-likeness (QED) is 0.0439. The number of carbonyl (C=O) groups excluding carboxylic acids is 2. The van der Waals surface area contributed by atoms with Crippen molar-refractivity contribution in [2.45, 2.75) is 73.0 Å². The minimum atomic E-state index is -3.98. The van der Waals surface area contributed by atoms with Crippen LogP contribution in [0.4, 0.5) is 21.0 Å². The number of thiophene rings is 1. The number of carboxylic acids is 1. The van der Waals surface area contributed by atoms with E-state index in [-0.39, 0.29) is 16.2 Å². The fourth-order valence-electron chi connectivity index (χ4n) is 4.41. The number of benzene rings is 2. The molecule has 1 aromatic heterocycles. The first-order chi connectivity index (χ1) is 21.6. The molecule has 3 aromatic rings. The molecule has 0 saturated carbocycles. The fourth-order valence-corrected chi connectivity index (χ4v) is 8.35. The van der Waals surface area contributed by atoms with Crippen LogP contribution in [0.1, 0.15) is 56.9 Å². The van der Waals surface area contributed by atoms with E-state index in [1.807, 2.05) is 6.92 Å². The van der Waals surface area contributed by atoms with Gasteiger partial charge in [0.2, 0.25) is 9.84 Å². The number of hydrazone groups is 1. The van der Waals surface area contributed by atoms with Gasteiger partial charge in [0.25, 0.3) is 0 Å². The van der Waals surface area contributed by atoms with Crippen molar-refractivity contribution in [3.05, 3.63) is 52.9 Å². The highest BCUT2D eigenvalue weighted by Gasteiger charge is 2.25. The number of nitrogens with two attached hydrogens (primary N) is 1. The van der Waals surface area contributed by atoms with Crippen molar-refractivity contribution in [1.29, 1.82) is 0 Å². The number of aryl methyl sites for hydroxylation is 1. The van der Waals surface area contributed by atoms with Gasteiger partial charge in [-0.1, -0.05) is 18.6 Å². The van der Waals surface area contributed by atoms with Crippen molar-refractivity contribution in [1.82, 2.24) is 10.7 Å². The summed E-state index contributed by atoms with van der Waals surface area (Å²) in [6.45, 7) is 7.37. The molecule has 0 bridgehead atoms. The average molecular weight is 690 g/mol. The van der Waals surface area contributed by atoms with Crippen LogP contribution in [0.15, 0.2) is 61.6 Å². The molecule has 0 radical (unpaired) electrons. The topological polar surface area (TPSA) is 189 Å². The highest BCUT2D eigenvalue weighted by atomic mass is 32.2. The number of hydrogen-bond donors (Lipinski definition) is 5. The Bertz CT molecular complexity index is 1710. The van der Waals surface area contributed by atoms with Crippen LogP contribution in [-0.2, 0) is 19.4 Å². The van der Waals surface area contributed by atoms with Crippen molar-refractivity contribution in [2.75, 3.05) is 23.9 Å². The Morgan fingerprint density at radius 1 is 1.11 bits per heavy atom. The largest absolute Gasteiger partial charge is 0.481 e. The van der Waals surface area contributed by atoms with Crippen LogP contribution in [-0.4, -0.2) is 56.2 Å². The number of rotatable bonds is 13. The Balaban J connectivity index is 1.84. The summed E-state index contributed by atoms with van der Waals surface area (Å²) in [5.74, 6) is -0.851. The second-order valence-corrected chi connectivity index (χ2v) is 15.3. The molecule has 3 amide bonds. The summed E-state index contributed by atoms with van der Waals surface area (Å²) in [7, 11) is -3.98. The molecule has 0 fully saturated rings. The van der Waals surface area contributed by atoms with E-state index in [2.05, 4.69) is 21.2 Å². The Kier molecular flexibility index (Phi) is 12.6. The highest BCUT2D eigenvalue weighted by Crippen LogP contribution is 2.39. The number of unbranched alkanes of at least 4 members (excludes halogenated alkanes) is 2. The number of amides is 3. The Hall–Kier alpha value is -4.08. The van der Waals surface area contributed by atoms with Gasteiger partial charge in [-0.15, -0.1) is 23.1 Å². The number of sulfone groups is 1. The van der Waals surface area contributed by atoms with Crippen LogP contribution in [0.3, 0.4) is 0 Å². The minimum Gasteiger partial charge on any atom is -0.481 e. The molecule has 0 atom stereocenters. The molecule has 0 spiro atoms. The molecular formula is C31H39N5O7S3. The number of thioether (sulfide) groups is 1. The third kappa shape index (κ3) is 10.5. The summed E-state index contributed by atoms with van der Waals surface area (Å²) in [6.07, 6.45) is 4.31. The Morgan fingerprint density at radius 2 is 1.85 bits per heavy atom. The molecule has 46 heavy (non-hydrogen) atoms. The van der Waals surface area contributed by atoms with Crippen molar-refractivity contribution in [3.8, 4) is 11.1 Å². The van der Waals surface area contributed by atoms with Crippen molar-refractivity contribution in [3.63, 3.8) is 0 Å². The second-order valence-electron chi connectivity index (χ2n) is 11.3. The van der Waals surface area contributed by atoms with Crippen LogP contribution in [0, 0.1) is 6.92 Å². The first-order valence-corrected chi connectivity index (χ1v) is 17.9. The van der Waals surface area contributed by atoms with Gasteiger partial charge in [-0.25, -0.2) is 23.4 Å². The molecule has 1 heterocycles. The third-order valence-corrected chi connectivity index (χ3v) is 10.5. The first kappa shape index (κ1) is 36.4. The van der Waals surface area contributed by atoms with E-state index in [1.165, 1.54) is 41.4 Å². The Morgan fingerprint density at radius 3 is 2.52 bits per heavy atom. The minimum absolute atomic E-state index is 0.0569. The standard InChI is InChI=1S/C31H39N5O7S3/c1-19-14-21(32)16-24(35-29(39)33-13-8-6-7-12-26(37)38)27(19)20-10-9-11-23(15-20)46(41,42)25-17-22(45-28(25)44-5)18-34-36-30(40)43-31(2,3)4/h9-11,14-18H,6-8,12-13,32H2,1-5H3,(H,36,40)(H,37,38)(H2,33,35,39). The van der Waals surface area contributed by atoms with Crippen LogP contribution < -0.4 is 21.8 Å². The second kappa shape index (κ2) is 16.0. The van der Waals surface area contributed by atoms with Crippen molar-refractivity contribution in [2.24, 2.45) is 5.10 Å². The summed E-state index contributed by atoms with van der Waals surface area (Å²) in [5.41, 5.74) is 10.4. The lowest BCUT2D eigenvalue weighted by Gasteiger charge is -2.18. The summed E-state index contributed by atoms with van der Waals surface area (Å²) < 4.78 is 33.5. The number of ether oxygens (including phenoxy) is 1. The Labute approximate surface area is 277 Å². The molecule has 12 nitrogen and oxygen atoms in total. The van der Waals surface area contributed by atoms with E-state index in [9.17, 15) is 22.8 Å². The van der Waals surface area contributed by atoms with E-state index in [4.69, 9.17) is 15.6 Å². The van der Waals surface area contributed by atoms with Gasteiger partial charge >= 0.3 is 18.1 Å². The van der Waals surface area contributed by atoms with Gasteiger partial charge in [0.15, 0.2) is 0 Å². The van der Waals surface area contributed by atoms with Crippen LogP contribution in [0.25, 0.3) is 11.1 Å². The van der Waals surface area contributed by atoms with E-state index >= 15 is 0 Å². The number of anilines is 2. The molecule has 2 aromatic carbocycles. The normalized spacial score (nSPS) is 11.8. The highest BCUT2D eigenvalue weighted by molar-refractivity contribution is 8.01. The van der Waals surface area contributed by atoms with Crippen LogP contribution >= 0.6 is 23.1 Å². The van der Waals surface area contributed by atoms with Crippen molar-refractivity contribution >= 4 is 68.6 Å². The number of aliphatic carboxylic acids is 1. The zero-order valence-corrected chi connectivity index (χ0v) is 28.7. The summed E-state index contributed by atoms with van der Waals surface area (Å²) in [6, 6.07) is 10.8. The molecule has 3 rings (SSSR count). The smallest absolute Gasteiger partial charge is 0.428 e. The zero-order valence-electron chi connectivity index (χ0n) is 26.3. The van der Waals surface area contributed by atoms with E-state index in [1.54, 1.807) is 57.4 Å². The van der Waals surface area contributed by atoms with E-state index in [0.29, 0.717) is 57.4 Å². The molecule has 0 aliphatic carbocycles. The van der Waals surface area contributed by atoms with E-state index in [0.717, 1.165) is 5.56 Å². The van der Waals surface area contributed by atoms with Crippen LogP contribution in [0.5, 0.6) is 0 Å². The number of hydrogen-bond acceptors (Lipinski definition) is 10. The SMILES string of the molecule is CSc1sc(C=NNC(=O)OC(C)(C)C)cc1S(=O)(=O)c1cccc(-c2c(C)cc(N)cc2NC(=O)NCCCCCC(=O)O)c1. The zero-order chi connectivity index (χ0) is 34.1. The first-order valence-electron chi connectivity index (χ1n) is 14.3. The van der Waals surface area contributed by atoms with Gasteiger partial charge in [-0.2, -0.15) is 5.10 Å². The number of nitrogens with zero attached hydrogens (tertiary/aromatic N) is 1. The van der Waals surface area contributed by atoms with Gasteiger partial charge in [-0.3, -0.25) is 4.79 Å². The molecule has 0 unspecified atom stereocenters. The number of nitrogens with one attached hydrogen (secondary N) is 3. The maximum absolute atomic E-state index is 13.9. The summed E-state index contributed by atoms with van der Waals surface area (Å²) in [4.78, 5) is 36.0. The monoisotopic (exact) mass is 689 g/mol. The van der Waals surface area contributed by atoms with Gasteiger partial charge in [0.1, 0.15) is 5.60 Å². The lowest BCUT2D eigenvalue weighted by Crippen LogP contribution is -2.29. The van der Waals surface area contributed by atoms with E-state index < -0.39 is 33.5 Å². The molecule has 0 aliphatic rings. The maximum Gasteiger partial charge on any atom is 0.428 e. The molecule has 0 saturated heterocycles. The maximum atomic E-state index is 13.9. The van der Waals surface area contributed by atoms with Crippen molar-refractivity contribution < 1.29 is 32.6 Å². The third-order valence-electron chi connectivity index (χ3n) is 6.30. The van der Waals surface area contributed by atoms with Gasteiger partial charge < -0.3 is 26.2 Å². The lowest BCUT2D eigenvalue weighted by atomic mass is 9.97. The molecule has 248 valence electrons. The number of urea groups is 1. The number of nitrogen functional groups attached to an aromatic ring is 1. The van der Waals surface area contributed by atoms with Gasteiger partial charge in [0, 0.05) is 29.1 Å². The predicted octanol–water partition coefficient (Wildman–Crippen LogP) is 6.49. The lowest BCUT2D eigenvalue weighted by molar-refractivity contribution is -0.137. The number of carboxylic acid groups (broad SMARTS) is 1.